The summed E-state index contributed by atoms with van der Waals surface area (Å²) in [4.78, 5) is 10.3. The number of hydrogen-bond acceptors (Lipinski definition) is 4. The molecule has 1 aromatic heterocycles. The normalized spacial score (nSPS) is 17.8. The average Bonchev–Trinajstić information content (AvgIpc) is 2.21. The Morgan fingerprint density at radius 2 is 2.42 bits per heavy atom. The van der Waals surface area contributed by atoms with E-state index in [1.54, 1.807) is 18.6 Å². The van der Waals surface area contributed by atoms with Crippen molar-refractivity contribution in [1.82, 2.24) is 15.3 Å². The van der Waals surface area contributed by atoms with Crippen LogP contribution >= 0.6 is 0 Å². The van der Waals surface area contributed by atoms with Crippen LogP contribution in [-0.4, -0.2) is 29.6 Å². The van der Waals surface area contributed by atoms with Crippen molar-refractivity contribution in [2.45, 2.75) is 0 Å². The molecule has 1 N–H and O–H groups in total. The van der Waals surface area contributed by atoms with Crippen LogP contribution in [0.4, 0.5) is 5.82 Å². The van der Waals surface area contributed by atoms with Gasteiger partial charge in [-0.05, 0) is 0 Å². The van der Waals surface area contributed by atoms with Gasteiger partial charge in [0.2, 0.25) is 0 Å². The number of nitrogens with one attached hydrogen (secondary N) is 1. The summed E-state index contributed by atoms with van der Waals surface area (Å²) in [6.45, 7) is 4.98. The van der Waals surface area contributed by atoms with Crippen LogP contribution in [0, 0.1) is 6.54 Å². The number of nitrogens with zero attached hydrogens (tertiary/aromatic N) is 3. The first-order valence-electron chi connectivity index (χ1n) is 4.03. The molecule has 1 saturated heterocycles. The molecule has 0 bridgehead atoms. The van der Waals surface area contributed by atoms with Crippen molar-refractivity contribution < 1.29 is 0 Å². The van der Waals surface area contributed by atoms with Gasteiger partial charge in [-0.1, -0.05) is 0 Å². The van der Waals surface area contributed by atoms with Gasteiger partial charge in [-0.25, -0.2) is 4.98 Å². The van der Waals surface area contributed by atoms with E-state index in [-0.39, 0.29) is 0 Å². The Morgan fingerprint density at radius 3 is 3.08 bits per heavy atom. The summed E-state index contributed by atoms with van der Waals surface area (Å²) in [7, 11) is 0. The molecule has 12 heavy (non-hydrogen) atoms. The van der Waals surface area contributed by atoms with Gasteiger partial charge < -0.3 is 10.2 Å². The first-order valence-corrected chi connectivity index (χ1v) is 4.03. The summed E-state index contributed by atoms with van der Waals surface area (Å²) < 4.78 is 0. The average molecular weight is 163 g/mol. The largest absolute Gasteiger partial charge is 0.348 e. The van der Waals surface area contributed by atoms with E-state index in [1.807, 2.05) is 0 Å². The molecule has 2 heterocycles. The topological polar surface area (TPSA) is 41.0 Å². The van der Waals surface area contributed by atoms with Gasteiger partial charge >= 0.3 is 0 Å². The van der Waals surface area contributed by atoms with E-state index in [0.29, 0.717) is 0 Å². The lowest BCUT2D eigenvalue weighted by Crippen LogP contribution is -2.40. The Balaban J connectivity index is 2.08. The van der Waals surface area contributed by atoms with Crippen molar-refractivity contribution in [2.24, 2.45) is 0 Å². The zero-order chi connectivity index (χ0) is 8.23. The van der Waals surface area contributed by atoms with Crippen molar-refractivity contribution >= 4 is 5.82 Å². The maximum Gasteiger partial charge on any atom is 0.147 e. The minimum atomic E-state index is 0.913. The van der Waals surface area contributed by atoms with Crippen LogP contribution < -0.4 is 10.2 Å². The van der Waals surface area contributed by atoms with Crippen molar-refractivity contribution in [3.05, 3.63) is 25.1 Å². The number of hydrogen-bond donors (Lipinski definition) is 1. The summed E-state index contributed by atoms with van der Waals surface area (Å²) in [5, 5.41) is 3.24. The summed E-state index contributed by atoms with van der Waals surface area (Å²) in [6, 6.07) is 0. The highest BCUT2D eigenvalue weighted by Gasteiger charge is 2.10. The smallest absolute Gasteiger partial charge is 0.147 e. The zero-order valence-corrected chi connectivity index (χ0v) is 6.77. The molecule has 1 aliphatic rings. The lowest BCUT2D eigenvalue weighted by Gasteiger charge is -2.27. The predicted octanol–water partition coefficient (Wildman–Crippen LogP) is 0.0480. The highest BCUT2D eigenvalue weighted by atomic mass is 15.2. The maximum absolute atomic E-state index is 4.21. The second-order valence-corrected chi connectivity index (χ2v) is 2.64. The van der Waals surface area contributed by atoms with Crippen LogP contribution in [0.2, 0.25) is 0 Å². The van der Waals surface area contributed by atoms with Crippen LogP contribution in [0.5, 0.6) is 0 Å². The molecule has 2 rings (SSSR count). The first kappa shape index (κ1) is 7.49. The molecule has 0 amide bonds. The molecular formula is C8H11N4. The number of piperazine rings is 1. The second kappa shape index (κ2) is 3.49. The Kier molecular flexibility index (Phi) is 2.18. The lowest BCUT2D eigenvalue weighted by molar-refractivity contribution is 0.635. The van der Waals surface area contributed by atoms with E-state index < -0.39 is 0 Å². The SMILES string of the molecule is [CH]1CNCCN1c1cnccn1. The number of anilines is 1. The van der Waals surface area contributed by atoms with Crippen LogP contribution in [0.3, 0.4) is 0 Å². The van der Waals surface area contributed by atoms with E-state index in [4.69, 9.17) is 0 Å². The third-order valence-electron chi connectivity index (χ3n) is 1.83. The predicted molar refractivity (Wildman–Crippen MR) is 46.5 cm³/mol. The summed E-state index contributed by atoms with van der Waals surface area (Å²) in [5.41, 5.74) is 0. The summed E-state index contributed by atoms with van der Waals surface area (Å²) >= 11 is 0. The Bertz CT molecular complexity index is 230. The second-order valence-electron chi connectivity index (χ2n) is 2.64. The monoisotopic (exact) mass is 163 g/mol. The van der Waals surface area contributed by atoms with E-state index in [1.165, 1.54) is 0 Å². The van der Waals surface area contributed by atoms with Crippen LogP contribution in [-0.2, 0) is 0 Å². The molecule has 0 unspecified atom stereocenters. The molecule has 4 heteroatoms. The third-order valence-corrected chi connectivity index (χ3v) is 1.83. The molecule has 0 spiro atoms. The molecular weight excluding hydrogens is 152 g/mol. The Labute approximate surface area is 71.6 Å². The molecule has 1 fully saturated rings. The Hall–Kier alpha value is -1.16. The summed E-state index contributed by atoms with van der Waals surface area (Å²) in [6.07, 6.45) is 5.18. The van der Waals surface area contributed by atoms with Gasteiger partial charge in [-0.2, -0.15) is 0 Å². The quantitative estimate of drug-likeness (QED) is 0.635. The molecule has 1 radical (unpaired) electrons. The van der Waals surface area contributed by atoms with Gasteiger partial charge in [0.15, 0.2) is 0 Å². The van der Waals surface area contributed by atoms with Gasteiger partial charge in [-0.15, -0.1) is 0 Å². The van der Waals surface area contributed by atoms with E-state index in [0.717, 1.165) is 25.5 Å². The first-order chi connectivity index (χ1) is 5.97. The van der Waals surface area contributed by atoms with Gasteiger partial charge in [0.1, 0.15) is 5.82 Å². The highest BCUT2D eigenvalue weighted by molar-refractivity contribution is 5.38. The van der Waals surface area contributed by atoms with Crippen molar-refractivity contribution in [3.63, 3.8) is 0 Å². The fourth-order valence-corrected chi connectivity index (χ4v) is 1.22. The molecule has 0 aromatic carbocycles. The summed E-state index contributed by atoms with van der Waals surface area (Å²) in [5.74, 6) is 0.930. The maximum atomic E-state index is 4.21. The van der Waals surface area contributed by atoms with Crippen LogP contribution in [0.15, 0.2) is 18.6 Å². The minimum absolute atomic E-state index is 0.913. The lowest BCUT2D eigenvalue weighted by atomic mass is 10.4. The van der Waals surface area contributed by atoms with Crippen LogP contribution in [0.1, 0.15) is 0 Å². The highest BCUT2D eigenvalue weighted by Crippen LogP contribution is 2.09. The van der Waals surface area contributed by atoms with E-state index in [2.05, 4.69) is 26.7 Å². The van der Waals surface area contributed by atoms with Gasteiger partial charge in [0.05, 0.1) is 12.7 Å². The zero-order valence-electron chi connectivity index (χ0n) is 6.77. The molecule has 1 aromatic rings. The fraction of sp³-hybridized carbons (Fsp3) is 0.375. The van der Waals surface area contributed by atoms with Gasteiger partial charge in [0, 0.05) is 32.0 Å². The third kappa shape index (κ3) is 1.53. The van der Waals surface area contributed by atoms with Gasteiger partial charge in [0.25, 0.3) is 0 Å². The molecule has 4 nitrogen and oxygen atoms in total. The van der Waals surface area contributed by atoms with Crippen LogP contribution in [0.25, 0.3) is 0 Å². The van der Waals surface area contributed by atoms with Crippen molar-refractivity contribution in [2.75, 3.05) is 24.5 Å². The molecule has 0 saturated carbocycles. The van der Waals surface area contributed by atoms with E-state index in [9.17, 15) is 0 Å². The standard InChI is InChI=1S/C8H11N4/c1-2-11-8(7-10-1)12-5-3-9-4-6-12/h1-2,5,7,9H,3-4,6H2. The number of aromatic nitrogens is 2. The van der Waals surface area contributed by atoms with Gasteiger partial charge in [-0.3, -0.25) is 4.98 Å². The fourth-order valence-electron chi connectivity index (χ4n) is 1.22. The van der Waals surface area contributed by atoms with Crippen molar-refractivity contribution in [1.29, 1.82) is 0 Å². The molecule has 63 valence electrons. The van der Waals surface area contributed by atoms with Crippen molar-refractivity contribution in [3.8, 4) is 0 Å². The number of rotatable bonds is 1. The molecule has 0 atom stereocenters. The Morgan fingerprint density at radius 1 is 1.42 bits per heavy atom. The minimum Gasteiger partial charge on any atom is -0.348 e. The molecule has 0 aliphatic carbocycles. The van der Waals surface area contributed by atoms with E-state index >= 15 is 0 Å². The molecule has 1 aliphatic heterocycles.